The van der Waals surface area contributed by atoms with Crippen LogP contribution in [0.25, 0.3) is 0 Å². The first-order valence-corrected chi connectivity index (χ1v) is 4.53. The number of nitrogens with zero attached hydrogens (tertiary/aromatic N) is 1. The molecule has 0 amide bonds. The van der Waals surface area contributed by atoms with Gasteiger partial charge >= 0.3 is 0 Å². The summed E-state index contributed by atoms with van der Waals surface area (Å²) in [6, 6.07) is 5.70. The van der Waals surface area contributed by atoms with E-state index >= 15 is 0 Å². The fraction of sp³-hybridized carbons (Fsp3) is 0.500. The van der Waals surface area contributed by atoms with Gasteiger partial charge in [0.2, 0.25) is 0 Å². The van der Waals surface area contributed by atoms with Gasteiger partial charge in [-0.15, -0.1) is 0 Å². The molecule has 2 nitrogen and oxygen atoms in total. The smallest absolute Gasteiger partial charge is 0.0539 e. The number of hydrogen-bond donors (Lipinski definition) is 1. The molecule has 0 aliphatic rings. The van der Waals surface area contributed by atoms with Crippen molar-refractivity contribution in [3.63, 3.8) is 0 Å². The van der Waals surface area contributed by atoms with Gasteiger partial charge in [0.25, 0.3) is 0 Å². The number of aromatic nitrogens is 1. The van der Waals surface area contributed by atoms with Crippen LogP contribution in [0.4, 0.5) is 0 Å². The van der Waals surface area contributed by atoms with Crippen molar-refractivity contribution in [1.82, 2.24) is 4.98 Å². The van der Waals surface area contributed by atoms with Crippen LogP contribution in [0.5, 0.6) is 0 Å². The topological polar surface area (TPSA) is 38.9 Å². The van der Waals surface area contributed by atoms with Crippen molar-refractivity contribution in [2.45, 2.75) is 34.2 Å². The molecule has 0 radical (unpaired) electrons. The maximum Gasteiger partial charge on any atom is 0.0539 e. The molecule has 1 heterocycles. The molecule has 0 aromatic carbocycles. The molecule has 0 aliphatic heterocycles. The molecule has 0 spiro atoms. The van der Waals surface area contributed by atoms with Crippen LogP contribution in [-0.2, 0) is 6.54 Å². The standard InChI is InChI=1S/C6H8N2.2C2H6/c7-5-6-3-1-2-4-8-6;2*1-2/h1-4H,5,7H2;2*1-2H3. The third-order valence-corrected chi connectivity index (χ3v) is 0.935. The molecule has 2 N–H and O–H groups in total. The molecular weight excluding hydrogens is 148 g/mol. The molecule has 0 fully saturated rings. The van der Waals surface area contributed by atoms with Gasteiger partial charge in [0.15, 0.2) is 0 Å². The lowest BCUT2D eigenvalue weighted by atomic mass is 10.4. The highest BCUT2D eigenvalue weighted by Gasteiger charge is 1.81. The molecule has 70 valence electrons. The molecule has 0 saturated heterocycles. The molecule has 0 unspecified atom stereocenters. The zero-order valence-electron chi connectivity index (χ0n) is 8.54. The van der Waals surface area contributed by atoms with Crippen molar-refractivity contribution >= 4 is 0 Å². The summed E-state index contributed by atoms with van der Waals surface area (Å²) in [6.45, 7) is 8.53. The van der Waals surface area contributed by atoms with E-state index in [1.54, 1.807) is 6.20 Å². The highest BCUT2D eigenvalue weighted by atomic mass is 14.7. The summed E-state index contributed by atoms with van der Waals surface area (Å²) in [6.07, 6.45) is 1.74. The van der Waals surface area contributed by atoms with E-state index in [1.807, 2.05) is 45.9 Å². The Morgan fingerprint density at radius 3 is 2.00 bits per heavy atom. The second-order valence-corrected chi connectivity index (χ2v) is 1.53. The summed E-state index contributed by atoms with van der Waals surface area (Å²) < 4.78 is 0. The van der Waals surface area contributed by atoms with Crippen LogP contribution in [0.1, 0.15) is 33.4 Å². The summed E-state index contributed by atoms with van der Waals surface area (Å²) in [5, 5.41) is 0. The molecule has 1 aromatic rings. The molecule has 2 heteroatoms. The van der Waals surface area contributed by atoms with Crippen molar-refractivity contribution in [2.75, 3.05) is 0 Å². The largest absolute Gasteiger partial charge is 0.325 e. The van der Waals surface area contributed by atoms with Crippen LogP contribution in [-0.4, -0.2) is 4.98 Å². The highest BCUT2D eigenvalue weighted by molar-refractivity contribution is 5.02. The zero-order chi connectivity index (χ0) is 9.82. The Kier molecular flexibility index (Phi) is 14.5. The number of hydrogen-bond acceptors (Lipinski definition) is 2. The Morgan fingerprint density at radius 2 is 1.75 bits per heavy atom. The summed E-state index contributed by atoms with van der Waals surface area (Å²) in [4.78, 5) is 3.97. The van der Waals surface area contributed by atoms with Gasteiger partial charge in [0.05, 0.1) is 5.69 Å². The van der Waals surface area contributed by atoms with E-state index in [0.717, 1.165) is 5.69 Å². The predicted octanol–water partition coefficient (Wildman–Crippen LogP) is 2.59. The first-order valence-electron chi connectivity index (χ1n) is 4.53. The Balaban J connectivity index is 0. The van der Waals surface area contributed by atoms with E-state index < -0.39 is 0 Å². The molecule has 0 bridgehead atoms. The minimum atomic E-state index is 0.529. The first-order chi connectivity index (χ1) is 5.93. The van der Waals surface area contributed by atoms with E-state index in [2.05, 4.69) is 4.98 Å². The van der Waals surface area contributed by atoms with Gasteiger partial charge in [-0.1, -0.05) is 33.8 Å². The average molecular weight is 168 g/mol. The monoisotopic (exact) mass is 168 g/mol. The van der Waals surface area contributed by atoms with Gasteiger partial charge in [0.1, 0.15) is 0 Å². The van der Waals surface area contributed by atoms with Crippen LogP contribution < -0.4 is 5.73 Å². The van der Waals surface area contributed by atoms with E-state index in [-0.39, 0.29) is 0 Å². The normalized spacial score (nSPS) is 7.08. The summed E-state index contributed by atoms with van der Waals surface area (Å²) >= 11 is 0. The number of nitrogens with two attached hydrogens (primary N) is 1. The molecule has 0 atom stereocenters. The van der Waals surface area contributed by atoms with Gasteiger partial charge in [-0.3, -0.25) is 4.98 Å². The molecule has 1 aromatic heterocycles. The minimum Gasteiger partial charge on any atom is -0.325 e. The van der Waals surface area contributed by atoms with Gasteiger partial charge in [-0.25, -0.2) is 0 Å². The maximum absolute atomic E-state index is 5.29. The molecule has 12 heavy (non-hydrogen) atoms. The van der Waals surface area contributed by atoms with Crippen LogP contribution in [0.2, 0.25) is 0 Å². The summed E-state index contributed by atoms with van der Waals surface area (Å²) in [5.74, 6) is 0. The van der Waals surface area contributed by atoms with Crippen LogP contribution in [0.3, 0.4) is 0 Å². The molecule has 0 saturated carbocycles. The SMILES string of the molecule is CC.CC.NCc1ccccn1. The highest BCUT2D eigenvalue weighted by Crippen LogP contribution is 1.88. The Labute approximate surface area is 75.8 Å². The molecule has 0 aliphatic carbocycles. The van der Waals surface area contributed by atoms with Crippen molar-refractivity contribution in [2.24, 2.45) is 5.73 Å². The summed E-state index contributed by atoms with van der Waals surface area (Å²) in [7, 11) is 0. The number of pyridine rings is 1. The minimum absolute atomic E-state index is 0.529. The van der Waals surface area contributed by atoms with Gasteiger partial charge in [-0.05, 0) is 12.1 Å². The molecular formula is C10H20N2. The third kappa shape index (κ3) is 7.22. The Morgan fingerprint density at radius 1 is 1.17 bits per heavy atom. The van der Waals surface area contributed by atoms with Crippen molar-refractivity contribution in [1.29, 1.82) is 0 Å². The van der Waals surface area contributed by atoms with E-state index in [9.17, 15) is 0 Å². The second-order valence-electron chi connectivity index (χ2n) is 1.53. The fourth-order valence-corrected chi connectivity index (χ4v) is 0.519. The average Bonchev–Trinajstić information content (AvgIpc) is 2.25. The first kappa shape index (κ1) is 13.7. The van der Waals surface area contributed by atoms with Crippen molar-refractivity contribution < 1.29 is 0 Å². The lowest BCUT2D eigenvalue weighted by molar-refractivity contribution is 0.991. The van der Waals surface area contributed by atoms with Gasteiger partial charge < -0.3 is 5.73 Å². The Hall–Kier alpha value is -0.890. The van der Waals surface area contributed by atoms with E-state index in [1.165, 1.54) is 0 Å². The third-order valence-electron chi connectivity index (χ3n) is 0.935. The quantitative estimate of drug-likeness (QED) is 0.700. The summed E-state index contributed by atoms with van der Waals surface area (Å²) in [5.41, 5.74) is 6.22. The fourth-order valence-electron chi connectivity index (χ4n) is 0.519. The van der Waals surface area contributed by atoms with Crippen LogP contribution in [0.15, 0.2) is 24.4 Å². The maximum atomic E-state index is 5.29. The van der Waals surface area contributed by atoms with E-state index in [4.69, 9.17) is 5.73 Å². The second kappa shape index (κ2) is 12.8. The van der Waals surface area contributed by atoms with Crippen LogP contribution >= 0.6 is 0 Å². The van der Waals surface area contributed by atoms with Crippen LogP contribution in [0, 0.1) is 0 Å². The van der Waals surface area contributed by atoms with E-state index in [0.29, 0.717) is 6.54 Å². The van der Waals surface area contributed by atoms with Crippen molar-refractivity contribution in [3.05, 3.63) is 30.1 Å². The lowest BCUT2D eigenvalue weighted by Gasteiger charge is -1.89. The lowest BCUT2D eigenvalue weighted by Crippen LogP contribution is -1.97. The molecule has 1 rings (SSSR count). The van der Waals surface area contributed by atoms with Crippen molar-refractivity contribution in [3.8, 4) is 0 Å². The number of rotatable bonds is 1. The van der Waals surface area contributed by atoms with Gasteiger partial charge in [-0.2, -0.15) is 0 Å². The Bertz CT molecular complexity index is 149. The predicted molar refractivity (Wildman–Crippen MR) is 54.8 cm³/mol. The van der Waals surface area contributed by atoms with Gasteiger partial charge in [0, 0.05) is 12.7 Å². The zero-order valence-corrected chi connectivity index (χ0v) is 8.54.